The van der Waals surface area contributed by atoms with E-state index in [0.29, 0.717) is 0 Å². The molecule has 0 aromatic carbocycles. The van der Waals surface area contributed by atoms with E-state index >= 15 is 0 Å². The number of rotatable bonds is 2. The second-order valence-corrected chi connectivity index (χ2v) is 5.58. The number of hydrogen-bond donors (Lipinski definition) is 1. The average molecular weight is 244 g/mol. The number of carbonyl (C=O) groups excluding carboxylic acids is 1. The van der Waals surface area contributed by atoms with Crippen molar-refractivity contribution >= 4 is 6.09 Å². The largest absolute Gasteiger partial charge is 0.444 e. The predicted octanol–water partition coefficient (Wildman–Crippen LogP) is 1.23. The zero-order valence-corrected chi connectivity index (χ0v) is 11.4. The second kappa shape index (κ2) is 5.69. The highest BCUT2D eigenvalue weighted by molar-refractivity contribution is 5.68. The van der Waals surface area contributed by atoms with Crippen LogP contribution in [0.1, 0.15) is 27.2 Å². The van der Waals surface area contributed by atoms with Crippen molar-refractivity contribution in [2.45, 2.75) is 44.9 Å². The molecule has 1 aliphatic heterocycles. The fourth-order valence-electron chi connectivity index (χ4n) is 1.93. The number of likely N-dealkylation sites (tertiary alicyclic amines) is 1. The van der Waals surface area contributed by atoms with E-state index in [-0.39, 0.29) is 18.2 Å². The van der Waals surface area contributed by atoms with Crippen LogP contribution < -0.4 is 5.32 Å². The molecule has 1 N–H and O–H groups in total. The molecule has 1 heterocycles. The lowest BCUT2D eigenvalue weighted by molar-refractivity contribution is 0.00377. The molecule has 1 amide bonds. The Hall–Kier alpha value is -0.810. The van der Waals surface area contributed by atoms with Crippen molar-refractivity contribution in [3.63, 3.8) is 0 Å². The normalized spacial score (nSPS) is 26.6. The molecule has 0 aliphatic carbocycles. The van der Waals surface area contributed by atoms with Crippen LogP contribution in [-0.4, -0.2) is 56.0 Å². The summed E-state index contributed by atoms with van der Waals surface area (Å²) in [5, 5.41) is 2.88. The summed E-state index contributed by atoms with van der Waals surface area (Å²) in [4.78, 5) is 13.9. The monoisotopic (exact) mass is 244 g/mol. The van der Waals surface area contributed by atoms with Crippen LogP contribution in [0.25, 0.3) is 0 Å². The van der Waals surface area contributed by atoms with Gasteiger partial charge in [-0.3, -0.25) is 0 Å². The molecule has 0 aromatic rings. The van der Waals surface area contributed by atoms with Gasteiger partial charge in [0.1, 0.15) is 5.60 Å². The first-order valence-corrected chi connectivity index (χ1v) is 6.02. The second-order valence-electron chi connectivity index (χ2n) is 5.58. The Bertz CT molecular complexity index is 263. The summed E-state index contributed by atoms with van der Waals surface area (Å²) in [5.74, 6) is 0. The Morgan fingerprint density at radius 3 is 2.59 bits per heavy atom. The van der Waals surface area contributed by atoms with E-state index in [1.165, 1.54) is 0 Å². The minimum atomic E-state index is -0.460. The highest BCUT2D eigenvalue weighted by atomic mass is 16.6. The van der Waals surface area contributed by atoms with Gasteiger partial charge in [-0.25, -0.2) is 4.79 Å². The summed E-state index contributed by atoms with van der Waals surface area (Å²) in [5.41, 5.74) is -0.460. The molecule has 0 aromatic heterocycles. The maximum absolute atomic E-state index is 11.7. The molecule has 5 heteroatoms. The van der Waals surface area contributed by atoms with Gasteiger partial charge in [0.25, 0.3) is 0 Å². The molecule has 1 aliphatic rings. The SMILES string of the molecule is CO[C@@H]1CN(C)CCC1NC(=O)OC(C)(C)C. The van der Waals surface area contributed by atoms with E-state index in [1.54, 1.807) is 7.11 Å². The van der Waals surface area contributed by atoms with Crippen LogP contribution in [0.3, 0.4) is 0 Å². The Morgan fingerprint density at radius 1 is 1.41 bits per heavy atom. The van der Waals surface area contributed by atoms with Crippen molar-refractivity contribution in [2.75, 3.05) is 27.2 Å². The van der Waals surface area contributed by atoms with Crippen molar-refractivity contribution in [1.29, 1.82) is 0 Å². The Labute approximate surface area is 103 Å². The third kappa shape index (κ3) is 4.91. The fourth-order valence-corrected chi connectivity index (χ4v) is 1.93. The predicted molar refractivity (Wildman–Crippen MR) is 66.1 cm³/mol. The smallest absolute Gasteiger partial charge is 0.407 e. The number of hydrogen-bond acceptors (Lipinski definition) is 4. The van der Waals surface area contributed by atoms with Gasteiger partial charge in [-0.05, 0) is 40.8 Å². The number of ether oxygens (including phenoxy) is 2. The zero-order valence-electron chi connectivity index (χ0n) is 11.4. The van der Waals surface area contributed by atoms with E-state index in [4.69, 9.17) is 9.47 Å². The fraction of sp³-hybridized carbons (Fsp3) is 0.917. The number of amides is 1. The maximum Gasteiger partial charge on any atom is 0.407 e. The van der Waals surface area contributed by atoms with Gasteiger partial charge in [0.05, 0.1) is 12.1 Å². The van der Waals surface area contributed by atoms with Crippen molar-refractivity contribution in [1.82, 2.24) is 10.2 Å². The summed E-state index contributed by atoms with van der Waals surface area (Å²) in [6.45, 7) is 7.36. The van der Waals surface area contributed by atoms with Crippen molar-refractivity contribution in [2.24, 2.45) is 0 Å². The molecular formula is C12H24N2O3. The molecule has 17 heavy (non-hydrogen) atoms. The minimum Gasteiger partial charge on any atom is -0.444 e. The number of alkyl carbamates (subject to hydrolysis) is 1. The van der Waals surface area contributed by atoms with Gasteiger partial charge in [-0.1, -0.05) is 0 Å². The maximum atomic E-state index is 11.7. The summed E-state index contributed by atoms with van der Waals surface area (Å²) < 4.78 is 10.6. The Balaban J connectivity index is 2.47. The molecule has 100 valence electrons. The lowest BCUT2D eigenvalue weighted by Crippen LogP contribution is -2.54. The number of likely N-dealkylation sites (N-methyl/N-ethyl adjacent to an activating group) is 1. The molecule has 0 saturated carbocycles. The summed E-state index contributed by atoms with van der Waals surface area (Å²) in [6, 6.07) is 0.0334. The standard InChI is InChI=1S/C12H24N2O3/c1-12(2,3)17-11(15)13-9-6-7-14(4)8-10(9)16-5/h9-10H,6-8H2,1-5H3,(H,13,15)/t9?,10-/m1/s1. The van der Waals surface area contributed by atoms with Crippen LogP contribution in [0.5, 0.6) is 0 Å². The van der Waals surface area contributed by atoms with Gasteiger partial charge in [-0.15, -0.1) is 0 Å². The number of nitrogens with zero attached hydrogens (tertiary/aromatic N) is 1. The van der Waals surface area contributed by atoms with Gasteiger partial charge in [-0.2, -0.15) is 0 Å². The highest BCUT2D eigenvalue weighted by Crippen LogP contribution is 2.13. The van der Waals surface area contributed by atoms with E-state index in [0.717, 1.165) is 19.5 Å². The lowest BCUT2D eigenvalue weighted by Gasteiger charge is -2.36. The summed E-state index contributed by atoms with van der Waals surface area (Å²) >= 11 is 0. The van der Waals surface area contributed by atoms with Crippen molar-refractivity contribution in [3.8, 4) is 0 Å². The van der Waals surface area contributed by atoms with Gasteiger partial charge < -0.3 is 19.7 Å². The lowest BCUT2D eigenvalue weighted by atomic mass is 10.0. The van der Waals surface area contributed by atoms with Crippen LogP contribution >= 0.6 is 0 Å². The van der Waals surface area contributed by atoms with Gasteiger partial charge >= 0.3 is 6.09 Å². The van der Waals surface area contributed by atoms with Crippen LogP contribution in [0.4, 0.5) is 4.79 Å². The number of piperidine rings is 1. The van der Waals surface area contributed by atoms with E-state index in [1.807, 2.05) is 20.8 Å². The van der Waals surface area contributed by atoms with Crippen LogP contribution in [0, 0.1) is 0 Å². The first kappa shape index (κ1) is 14.3. The molecule has 1 unspecified atom stereocenters. The van der Waals surface area contributed by atoms with Gasteiger partial charge in [0, 0.05) is 13.7 Å². The van der Waals surface area contributed by atoms with Crippen LogP contribution in [0.2, 0.25) is 0 Å². The number of nitrogens with one attached hydrogen (secondary N) is 1. The molecule has 0 bridgehead atoms. The van der Waals surface area contributed by atoms with Crippen molar-refractivity contribution < 1.29 is 14.3 Å². The Kier molecular flexibility index (Phi) is 4.77. The topological polar surface area (TPSA) is 50.8 Å². The first-order chi connectivity index (χ1) is 7.81. The molecule has 2 atom stereocenters. The Morgan fingerprint density at radius 2 is 2.06 bits per heavy atom. The molecule has 0 spiro atoms. The van der Waals surface area contributed by atoms with Crippen LogP contribution in [-0.2, 0) is 9.47 Å². The number of carbonyl (C=O) groups is 1. The van der Waals surface area contributed by atoms with E-state index in [2.05, 4.69) is 17.3 Å². The molecular weight excluding hydrogens is 220 g/mol. The number of methoxy groups -OCH3 is 1. The van der Waals surface area contributed by atoms with Gasteiger partial charge in [0.15, 0.2) is 0 Å². The molecule has 5 nitrogen and oxygen atoms in total. The third-order valence-corrected chi connectivity index (χ3v) is 2.77. The first-order valence-electron chi connectivity index (χ1n) is 6.02. The summed E-state index contributed by atoms with van der Waals surface area (Å²) in [6.07, 6.45) is 0.546. The van der Waals surface area contributed by atoms with E-state index < -0.39 is 5.60 Å². The molecule has 1 rings (SSSR count). The third-order valence-electron chi connectivity index (χ3n) is 2.77. The summed E-state index contributed by atoms with van der Waals surface area (Å²) in [7, 11) is 3.73. The zero-order chi connectivity index (χ0) is 13.1. The molecule has 0 radical (unpaired) electrons. The van der Waals surface area contributed by atoms with E-state index in [9.17, 15) is 4.79 Å². The van der Waals surface area contributed by atoms with Crippen molar-refractivity contribution in [3.05, 3.63) is 0 Å². The quantitative estimate of drug-likeness (QED) is 0.794. The minimum absolute atomic E-state index is 0.0290. The highest BCUT2D eigenvalue weighted by Gasteiger charge is 2.30. The average Bonchev–Trinajstić information content (AvgIpc) is 2.17. The van der Waals surface area contributed by atoms with Gasteiger partial charge in [0.2, 0.25) is 0 Å². The molecule has 1 fully saturated rings. The van der Waals surface area contributed by atoms with Crippen LogP contribution in [0.15, 0.2) is 0 Å². The molecule has 1 saturated heterocycles.